The van der Waals surface area contributed by atoms with E-state index >= 15 is 0 Å². The number of amides is 1. The van der Waals surface area contributed by atoms with Crippen LogP contribution in [0.1, 0.15) is 29.6 Å². The summed E-state index contributed by atoms with van der Waals surface area (Å²) in [4.78, 5) is 24.3. The first-order valence-electron chi connectivity index (χ1n) is 5.43. The van der Waals surface area contributed by atoms with E-state index in [2.05, 4.69) is 0 Å². The summed E-state index contributed by atoms with van der Waals surface area (Å²) in [5.74, 6) is -1.05. The van der Waals surface area contributed by atoms with Crippen molar-refractivity contribution in [1.82, 2.24) is 0 Å². The molecule has 1 fully saturated rings. The topological polar surface area (TPSA) is 57.6 Å². The van der Waals surface area contributed by atoms with Crippen molar-refractivity contribution < 1.29 is 14.7 Å². The van der Waals surface area contributed by atoms with Crippen LogP contribution in [0.5, 0.6) is 0 Å². The largest absolute Gasteiger partial charge is 0.478 e. The first-order valence-corrected chi connectivity index (χ1v) is 5.80. The lowest BCUT2D eigenvalue weighted by Gasteiger charge is -2.27. The standard InChI is InChI=1S/C12H12ClNO3/c13-10-5-4-8(7-9(10)12(16)17)14-6-2-1-3-11(14)15/h4-5,7H,1-3,6H2,(H,16,17). The normalized spacial score (nSPS) is 16.1. The molecule has 0 aliphatic carbocycles. The lowest BCUT2D eigenvalue weighted by atomic mass is 10.1. The molecule has 0 spiro atoms. The number of benzene rings is 1. The van der Waals surface area contributed by atoms with E-state index in [-0.39, 0.29) is 16.5 Å². The Morgan fingerprint density at radius 1 is 1.35 bits per heavy atom. The van der Waals surface area contributed by atoms with Crippen molar-refractivity contribution in [3.8, 4) is 0 Å². The van der Waals surface area contributed by atoms with Crippen LogP contribution in [-0.4, -0.2) is 23.5 Å². The molecule has 1 saturated heterocycles. The molecule has 5 heteroatoms. The number of aromatic carboxylic acids is 1. The van der Waals surface area contributed by atoms with Crippen LogP contribution in [-0.2, 0) is 4.79 Å². The molecule has 90 valence electrons. The van der Waals surface area contributed by atoms with Crippen molar-refractivity contribution in [2.45, 2.75) is 19.3 Å². The van der Waals surface area contributed by atoms with Gasteiger partial charge >= 0.3 is 5.97 Å². The zero-order valence-corrected chi connectivity index (χ0v) is 9.91. The highest BCUT2D eigenvalue weighted by Gasteiger charge is 2.21. The minimum Gasteiger partial charge on any atom is -0.478 e. The average Bonchev–Trinajstić information content (AvgIpc) is 2.30. The van der Waals surface area contributed by atoms with Crippen LogP contribution in [0.15, 0.2) is 18.2 Å². The van der Waals surface area contributed by atoms with Crippen LogP contribution in [0, 0.1) is 0 Å². The summed E-state index contributed by atoms with van der Waals surface area (Å²) in [7, 11) is 0. The quantitative estimate of drug-likeness (QED) is 0.881. The number of piperidine rings is 1. The summed E-state index contributed by atoms with van der Waals surface area (Å²) in [5, 5.41) is 9.15. The third-order valence-electron chi connectivity index (χ3n) is 2.82. The predicted molar refractivity (Wildman–Crippen MR) is 64.6 cm³/mol. The van der Waals surface area contributed by atoms with Crippen LogP contribution in [0.25, 0.3) is 0 Å². The van der Waals surface area contributed by atoms with Crippen LogP contribution >= 0.6 is 11.6 Å². The molecule has 4 nitrogen and oxygen atoms in total. The smallest absolute Gasteiger partial charge is 0.337 e. The van der Waals surface area contributed by atoms with Gasteiger partial charge in [0.2, 0.25) is 5.91 Å². The van der Waals surface area contributed by atoms with E-state index in [1.54, 1.807) is 11.0 Å². The van der Waals surface area contributed by atoms with Gasteiger partial charge in [0.05, 0.1) is 10.6 Å². The van der Waals surface area contributed by atoms with Gasteiger partial charge in [-0.2, -0.15) is 0 Å². The Hall–Kier alpha value is -1.55. The summed E-state index contributed by atoms with van der Waals surface area (Å²) < 4.78 is 0. The first kappa shape index (κ1) is 11.9. The van der Waals surface area contributed by atoms with Crippen LogP contribution in [0.2, 0.25) is 5.02 Å². The Morgan fingerprint density at radius 2 is 2.12 bits per heavy atom. The molecule has 17 heavy (non-hydrogen) atoms. The number of hydrogen-bond acceptors (Lipinski definition) is 2. The van der Waals surface area contributed by atoms with Crippen molar-refractivity contribution in [2.24, 2.45) is 0 Å². The van der Waals surface area contributed by atoms with Crippen molar-refractivity contribution in [1.29, 1.82) is 0 Å². The van der Waals surface area contributed by atoms with Gasteiger partial charge in [-0.3, -0.25) is 4.79 Å². The van der Waals surface area contributed by atoms with Crippen LogP contribution in [0.4, 0.5) is 5.69 Å². The maximum absolute atomic E-state index is 11.7. The third kappa shape index (κ3) is 2.42. The number of carbonyl (C=O) groups excluding carboxylic acids is 1. The highest BCUT2D eigenvalue weighted by molar-refractivity contribution is 6.33. The second-order valence-electron chi connectivity index (χ2n) is 3.97. The molecule has 0 radical (unpaired) electrons. The molecule has 0 saturated carbocycles. The maximum atomic E-state index is 11.7. The van der Waals surface area contributed by atoms with E-state index in [1.165, 1.54) is 12.1 Å². The van der Waals surface area contributed by atoms with Gasteiger partial charge in [-0.15, -0.1) is 0 Å². The van der Waals surface area contributed by atoms with E-state index in [0.717, 1.165) is 12.8 Å². The Morgan fingerprint density at radius 3 is 2.76 bits per heavy atom. The van der Waals surface area contributed by atoms with Gasteiger partial charge in [-0.05, 0) is 31.0 Å². The van der Waals surface area contributed by atoms with Crippen molar-refractivity contribution in [2.75, 3.05) is 11.4 Å². The molecule has 0 unspecified atom stereocenters. The molecule has 1 heterocycles. The number of halogens is 1. The molecule has 0 bridgehead atoms. The fourth-order valence-electron chi connectivity index (χ4n) is 1.92. The maximum Gasteiger partial charge on any atom is 0.337 e. The van der Waals surface area contributed by atoms with Crippen LogP contribution in [0.3, 0.4) is 0 Å². The summed E-state index contributed by atoms with van der Waals surface area (Å²) in [5.41, 5.74) is 0.638. The van der Waals surface area contributed by atoms with E-state index < -0.39 is 5.97 Å². The molecule has 1 aliphatic heterocycles. The van der Waals surface area contributed by atoms with E-state index in [1.807, 2.05) is 0 Å². The molecule has 2 rings (SSSR count). The zero-order valence-electron chi connectivity index (χ0n) is 9.15. The SMILES string of the molecule is O=C(O)c1cc(N2CCCCC2=O)ccc1Cl. The fraction of sp³-hybridized carbons (Fsp3) is 0.333. The lowest BCUT2D eigenvalue weighted by Crippen LogP contribution is -2.35. The number of carbonyl (C=O) groups is 2. The summed E-state index contributed by atoms with van der Waals surface area (Å²) in [6, 6.07) is 4.65. The highest BCUT2D eigenvalue weighted by Crippen LogP contribution is 2.26. The number of carboxylic acids is 1. The summed E-state index contributed by atoms with van der Waals surface area (Å²) in [6.07, 6.45) is 2.36. The second kappa shape index (κ2) is 4.75. The molecule has 0 aromatic heterocycles. The van der Waals surface area contributed by atoms with Gasteiger partial charge in [0.1, 0.15) is 0 Å². The molecule has 1 aliphatic rings. The van der Waals surface area contributed by atoms with Gasteiger partial charge in [0.15, 0.2) is 0 Å². The fourth-order valence-corrected chi connectivity index (χ4v) is 2.12. The molecular formula is C12H12ClNO3. The number of hydrogen-bond donors (Lipinski definition) is 1. The van der Waals surface area contributed by atoms with Gasteiger partial charge in [0, 0.05) is 18.7 Å². The summed E-state index contributed by atoms with van der Waals surface area (Å²) >= 11 is 5.78. The highest BCUT2D eigenvalue weighted by atomic mass is 35.5. The number of nitrogens with zero attached hydrogens (tertiary/aromatic N) is 1. The monoisotopic (exact) mass is 253 g/mol. The van der Waals surface area contributed by atoms with Crippen molar-refractivity contribution in [3.63, 3.8) is 0 Å². The first-order chi connectivity index (χ1) is 8.09. The Bertz CT molecular complexity index is 473. The van der Waals surface area contributed by atoms with Crippen molar-refractivity contribution >= 4 is 29.2 Å². The molecule has 1 aromatic rings. The van der Waals surface area contributed by atoms with E-state index in [4.69, 9.17) is 16.7 Å². The average molecular weight is 254 g/mol. The zero-order chi connectivity index (χ0) is 12.4. The Labute approximate surface area is 104 Å². The number of anilines is 1. The minimum absolute atomic E-state index is 0.0301. The Kier molecular flexibility index (Phi) is 3.33. The Balaban J connectivity index is 2.35. The lowest BCUT2D eigenvalue weighted by molar-refractivity contribution is -0.119. The predicted octanol–water partition coefficient (Wildman–Crippen LogP) is 2.56. The molecule has 0 atom stereocenters. The van der Waals surface area contributed by atoms with Gasteiger partial charge in [-0.25, -0.2) is 4.79 Å². The second-order valence-corrected chi connectivity index (χ2v) is 4.38. The number of carboxylic acid groups (broad SMARTS) is 1. The third-order valence-corrected chi connectivity index (χ3v) is 3.15. The molecule has 1 N–H and O–H groups in total. The molecular weight excluding hydrogens is 242 g/mol. The van der Waals surface area contributed by atoms with E-state index in [0.29, 0.717) is 18.7 Å². The number of rotatable bonds is 2. The summed E-state index contributed by atoms with van der Waals surface area (Å²) in [6.45, 7) is 0.638. The molecule has 1 amide bonds. The van der Waals surface area contributed by atoms with Gasteiger partial charge < -0.3 is 10.0 Å². The van der Waals surface area contributed by atoms with Crippen molar-refractivity contribution in [3.05, 3.63) is 28.8 Å². The molecule has 1 aromatic carbocycles. The van der Waals surface area contributed by atoms with Gasteiger partial charge in [-0.1, -0.05) is 11.6 Å². The van der Waals surface area contributed by atoms with Gasteiger partial charge in [0.25, 0.3) is 0 Å². The van der Waals surface area contributed by atoms with Crippen LogP contribution < -0.4 is 4.90 Å². The minimum atomic E-state index is -1.08. The van der Waals surface area contributed by atoms with E-state index in [9.17, 15) is 9.59 Å².